The Kier molecular flexibility index (Phi) is 3.30. The van der Waals surface area contributed by atoms with Gasteiger partial charge in [-0.3, -0.25) is 4.79 Å². The minimum atomic E-state index is -0.321. The monoisotopic (exact) mass is 275 g/mol. The number of amides is 1. The number of carbonyl (C=O) groups is 1. The zero-order valence-electron chi connectivity index (χ0n) is 11.4. The molecule has 1 unspecified atom stereocenters. The second-order valence-electron chi connectivity index (χ2n) is 5.12. The van der Waals surface area contributed by atoms with Gasteiger partial charge in [0.1, 0.15) is 0 Å². The maximum Gasteiger partial charge on any atom is 0.259 e. The molecule has 21 heavy (non-hydrogen) atoms. The van der Waals surface area contributed by atoms with Crippen LogP contribution in [-0.2, 0) is 0 Å². The summed E-state index contributed by atoms with van der Waals surface area (Å²) >= 11 is 0. The van der Waals surface area contributed by atoms with Crippen molar-refractivity contribution in [3.05, 3.63) is 42.0 Å². The van der Waals surface area contributed by atoms with Crippen LogP contribution >= 0.6 is 0 Å². The Morgan fingerprint density at radius 2 is 1.90 bits per heavy atom. The van der Waals surface area contributed by atoms with Gasteiger partial charge >= 0.3 is 0 Å². The predicted octanol–water partition coefficient (Wildman–Crippen LogP) is 3.24. The standard InChI is InChI=1S/C17H13N3O/c18-9-3-4-12(10-19)11-20-15-8-2-6-13-5-1-7-14(16(13)15)17(20)21/h1-2,5-8,12H,3-4,11H2. The molecular weight excluding hydrogens is 262 g/mol. The van der Waals surface area contributed by atoms with Crippen LogP contribution in [0.3, 0.4) is 0 Å². The van der Waals surface area contributed by atoms with Crippen molar-refractivity contribution in [2.24, 2.45) is 5.92 Å². The quantitative estimate of drug-likeness (QED) is 0.860. The van der Waals surface area contributed by atoms with Crippen molar-refractivity contribution in [2.45, 2.75) is 12.8 Å². The summed E-state index contributed by atoms with van der Waals surface area (Å²) < 4.78 is 0. The molecule has 0 spiro atoms. The SMILES string of the molecule is N#CCCC(C#N)CN1C(=O)c2cccc3cccc1c23. The summed E-state index contributed by atoms with van der Waals surface area (Å²) in [4.78, 5) is 14.2. The van der Waals surface area contributed by atoms with E-state index in [1.807, 2.05) is 36.4 Å². The highest BCUT2D eigenvalue weighted by Gasteiger charge is 2.30. The van der Waals surface area contributed by atoms with Gasteiger partial charge in [-0.15, -0.1) is 0 Å². The van der Waals surface area contributed by atoms with Gasteiger partial charge < -0.3 is 4.90 Å². The van der Waals surface area contributed by atoms with Gasteiger partial charge in [0.05, 0.1) is 23.7 Å². The van der Waals surface area contributed by atoms with Crippen molar-refractivity contribution in [1.29, 1.82) is 10.5 Å². The summed E-state index contributed by atoms with van der Waals surface area (Å²) in [7, 11) is 0. The van der Waals surface area contributed by atoms with E-state index >= 15 is 0 Å². The Morgan fingerprint density at radius 1 is 1.14 bits per heavy atom. The van der Waals surface area contributed by atoms with Crippen LogP contribution in [0, 0.1) is 28.6 Å². The molecule has 0 radical (unpaired) electrons. The molecule has 0 aliphatic carbocycles. The number of anilines is 1. The van der Waals surface area contributed by atoms with Gasteiger partial charge in [-0.25, -0.2) is 0 Å². The molecule has 0 saturated carbocycles. The molecule has 2 aromatic carbocycles. The van der Waals surface area contributed by atoms with Crippen LogP contribution in [0.2, 0.25) is 0 Å². The number of hydrogen-bond acceptors (Lipinski definition) is 3. The fraction of sp³-hybridized carbons (Fsp3) is 0.235. The minimum absolute atomic E-state index is 0.0565. The van der Waals surface area contributed by atoms with Gasteiger partial charge in [-0.2, -0.15) is 10.5 Å². The maximum absolute atomic E-state index is 12.6. The third kappa shape index (κ3) is 2.11. The molecule has 4 heteroatoms. The first-order valence-electron chi connectivity index (χ1n) is 6.86. The summed E-state index contributed by atoms with van der Waals surface area (Å²) in [5, 5.41) is 19.9. The van der Waals surface area contributed by atoms with Gasteiger partial charge in [-0.05, 0) is 23.9 Å². The van der Waals surface area contributed by atoms with Crippen LogP contribution in [0.1, 0.15) is 23.2 Å². The van der Waals surface area contributed by atoms with E-state index in [1.54, 1.807) is 4.90 Å². The Balaban J connectivity index is 1.97. The van der Waals surface area contributed by atoms with Crippen LogP contribution in [0.25, 0.3) is 10.8 Å². The molecule has 102 valence electrons. The van der Waals surface area contributed by atoms with Gasteiger partial charge in [-0.1, -0.05) is 24.3 Å². The summed E-state index contributed by atoms with van der Waals surface area (Å²) in [6.07, 6.45) is 0.820. The number of nitrogens with zero attached hydrogens (tertiary/aromatic N) is 3. The lowest BCUT2D eigenvalue weighted by Crippen LogP contribution is -2.31. The average Bonchev–Trinajstić information content (AvgIpc) is 2.79. The molecule has 0 saturated heterocycles. The third-order valence-electron chi connectivity index (χ3n) is 3.84. The molecule has 1 aliphatic heterocycles. The molecule has 3 rings (SSSR count). The third-order valence-corrected chi connectivity index (χ3v) is 3.84. The normalized spacial score (nSPS) is 14.0. The smallest absolute Gasteiger partial charge is 0.259 e. The van der Waals surface area contributed by atoms with Crippen molar-refractivity contribution >= 4 is 22.4 Å². The van der Waals surface area contributed by atoms with Crippen LogP contribution < -0.4 is 4.90 Å². The number of carbonyl (C=O) groups excluding carboxylic acids is 1. The second-order valence-corrected chi connectivity index (χ2v) is 5.12. The Labute approximate surface area is 122 Å². The van der Waals surface area contributed by atoms with E-state index in [-0.39, 0.29) is 11.8 Å². The lowest BCUT2D eigenvalue weighted by molar-refractivity contribution is 0.0990. The minimum Gasteiger partial charge on any atom is -0.306 e. The first-order valence-corrected chi connectivity index (χ1v) is 6.86. The molecule has 1 atom stereocenters. The van der Waals surface area contributed by atoms with E-state index in [1.165, 1.54) is 0 Å². The van der Waals surface area contributed by atoms with E-state index in [2.05, 4.69) is 12.1 Å². The van der Waals surface area contributed by atoms with Gasteiger partial charge in [0, 0.05) is 23.9 Å². The lowest BCUT2D eigenvalue weighted by atomic mass is 10.0. The van der Waals surface area contributed by atoms with Crippen LogP contribution in [0.4, 0.5) is 5.69 Å². The van der Waals surface area contributed by atoms with E-state index in [0.29, 0.717) is 24.9 Å². The maximum atomic E-state index is 12.6. The predicted molar refractivity (Wildman–Crippen MR) is 79.6 cm³/mol. The van der Waals surface area contributed by atoms with Gasteiger partial charge in [0.25, 0.3) is 5.91 Å². The Hall–Kier alpha value is -2.85. The van der Waals surface area contributed by atoms with E-state index in [0.717, 1.165) is 16.5 Å². The zero-order chi connectivity index (χ0) is 14.8. The van der Waals surface area contributed by atoms with E-state index in [9.17, 15) is 10.1 Å². The molecule has 0 fully saturated rings. The Bertz CT molecular complexity index is 793. The van der Waals surface area contributed by atoms with E-state index < -0.39 is 0 Å². The first-order chi connectivity index (χ1) is 10.3. The van der Waals surface area contributed by atoms with Gasteiger partial charge in [0.2, 0.25) is 0 Å². The Morgan fingerprint density at radius 3 is 2.62 bits per heavy atom. The van der Waals surface area contributed by atoms with Crippen LogP contribution in [0.5, 0.6) is 0 Å². The summed E-state index contributed by atoms with van der Waals surface area (Å²) in [5.74, 6) is -0.378. The van der Waals surface area contributed by atoms with Crippen molar-refractivity contribution in [1.82, 2.24) is 0 Å². The van der Waals surface area contributed by atoms with Crippen molar-refractivity contribution in [3.8, 4) is 12.1 Å². The fourth-order valence-corrected chi connectivity index (χ4v) is 2.82. The highest BCUT2D eigenvalue weighted by Crippen LogP contribution is 2.37. The second kappa shape index (κ2) is 5.26. The molecule has 1 heterocycles. The zero-order valence-corrected chi connectivity index (χ0v) is 11.4. The first kappa shape index (κ1) is 13.1. The summed E-state index contributed by atoms with van der Waals surface area (Å²) in [6, 6.07) is 15.7. The average molecular weight is 275 g/mol. The molecular formula is C17H13N3O. The van der Waals surface area contributed by atoms with Gasteiger partial charge in [0.15, 0.2) is 0 Å². The number of rotatable bonds is 4. The molecule has 1 amide bonds. The largest absolute Gasteiger partial charge is 0.306 e. The van der Waals surface area contributed by atoms with Crippen LogP contribution in [0.15, 0.2) is 36.4 Å². The number of benzene rings is 2. The molecule has 1 aliphatic rings. The lowest BCUT2D eigenvalue weighted by Gasteiger charge is -2.20. The molecule has 0 N–H and O–H groups in total. The molecule has 0 aromatic heterocycles. The van der Waals surface area contributed by atoms with Crippen molar-refractivity contribution < 1.29 is 4.79 Å². The van der Waals surface area contributed by atoms with E-state index in [4.69, 9.17) is 5.26 Å². The van der Waals surface area contributed by atoms with Crippen LogP contribution in [-0.4, -0.2) is 12.5 Å². The number of hydrogen-bond donors (Lipinski definition) is 0. The highest BCUT2D eigenvalue weighted by atomic mass is 16.2. The molecule has 4 nitrogen and oxygen atoms in total. The molecule has 2 aromatic rings. The summed E-state index contributed by atoms with van der Waals surface area (Å²) in [5.41, 5.74) is 1.56. The highest BCUT2D eigenvalue weighted by molar-refractivity contribution is 6.25. The topological polar surface area (TPSA) is 67.9 Å². The summed E-state index contributed by atoms with van der Waals surface area (Å²) in [6.45, 7) is 0.338. The fourth-order valence-electron chi connectivity index (χ4n) is 2.82. The number of nitriles is 2. The van der Waals surface area contributed by atoms with Crippen molar-refractivity contribution in [3.63, 3.8) is 0 Å². The molecule has 0 bridgehead atoms. The van der Waals surface area contributed by atoms with Crippen molar-refractivity contribution in [2.75, 3.05) is 11.4 Å².